The average Bonchev–Trinajstić information content (AvgIpc) is 2.75. The summed E-state index contributed by atoms with van der Waals surface area (Å²) in [6.07, 6.45) is 0.710. The van der Waals surface area contributed by atoms with Crippen LogP contribution >= 0.6 is 0 Å². The van der Waals surface area contributed by atoms with E-state index in [4.69, 9.17) is 0 Å². The van der Waals surface area contributed by atoms with Crippen molar-refractivity contribution in [1.29, 1.82) is 0 Å². The molecule has 0 saturated heterocycles. The van der Waals surface area contributed by atoms with Gasteiger partial charge in [-0.3, -0.25) is 9.10 Å². The highest BCUT2D eigenvalue weighted by atomic mass is 32.2. The molecule has 0 saturated carbocycles. The molecule has 0 spiro atoms. The molecule has 31 heavy (non-hydrogen) atoms. The van der Waals surface area contributed by atoms with E-state index in [0.717, 1.165) is 22.3 Å². The Hall–Kier alpha value is -3.12. The second-order valence-corrected chi connectivity index (χ2v) is 9.74. The standard InChI is InChI=1S/C25H26N2O3S/c1-4-22(19-14-13-17(2)15-18(19)3)26-25(28)16-27-23-11-7-5-9-20(23)21-10-6-8-12-24(21)31(27,29)30/h5-15,22H,4,16H2,1-3H3,(H,26,28). The number of nitrogens with zero attached hydrogens (tertiary/aromatic N) is 1. The van der Waals surface area contributed by atoms with Crippen LogP contribution in [0.3, 0.4) is 0 Å². The van der Waals surface area contributed by atoms with Crippen LogP contribution in [0, 0.1) is 13.8 Å². The topological polar surface area (TPSA) is 66.5 Å². The van der Waals surface area contributed by atoms with Gasteiger partial charge >= 0.3 is 0 Å². The number of fused-ring (bicyclic) bond motifs is 3. The number of anilines is 1. The maximum Gasteiger partial charge on any atom is 0.265 e. The van der Waals surface area contributed by atoms with Crippen LogP contribution in [0.5, 0.6) is 0 Å². The summed E-state index contributed by atoms with van der Waals surface area (Å²) in [4.78, 5) is 13.2. The molecule has 0 fully saturated rings. The van der Waals surface area contributed by atoms with Crippen molar-refractivity contribution < 1.29 is 13.2 Å². The highest BCUT2D eigenvalue weighted by molar-refractivity contribution is 7.93. The lowest BCUT2D eigenvalue weighted by Gasteiger charge is -2.32. The Kier molecular flexibility index (Phi) is 5.58. The van der Waals surface area contributed by atoms with E-state index in [2.05, 4.69) is 11.4 Å². The van der Waals surface area contributed by atoms with E-state index >= 15 is 0 Å². The Morgan fingerprint density at radius 2 is 1.65 bits per heavy atom. The molecule has 1 unspecified atom stereocenters. The fraction of sp³-hybridized carbons (Fsp3) is 0.240. The summed E-state index contributed by atoms with van der Waals surface area (Å²) >= 11 is 0. The van der Waals surface area contributed by atoms with Crippen molar-refractivity contribution in [2.45, 2.75) is 38.1 Å². The number of para-hydroxylation sites is 1. The number of amides is 1. The number of sulfonamides is 1. The first-order chi connectivity index (χ1) is 14.8. The molecule has 1 aliphatic heterocycles. The van der Waals surface area contributed by atoms with Crippen LogP contribution in [-0.4, -0.2) is 20.9 Å². The van der Waals surface area contributed by atoms with Gasteiger partial charge in [-0.25, -0.2) is 8.42 Å². The number of benzene rings is 3. The molecule has 1 aliphatic rings. The number of nitrogens with one attached hydrogen (secondary N) is 1. The summed E-state index contributed by atoms with van der Waals surface area (Å²) in [5, 5.41) is 3.04. The number of hydrogen-bond acceptors (Lipinski definition) is 3. The summed E-state index contributed by atoms with van der Waals surface area (Å²) in [6, 6.07) is 20.2. The fourth-order valence-electron chi connectivity index (χ4n) is 4.24. The molecule has 1 heterocycles. The Morgan fingerprint density at radius 3 is 2.35 bits per heavy atom. The van der Waals surface area contributed by atoms with Gasteiger partial charge in [-0.1, -0.05) is 67.1 Å². The predicted molar refractivity (Wildman–Crippen MR) is 124 cm³/mol. The van der Waals surface area contributed by atoms with Crippen molar-refractivity contribution >= 4 is 21.6 Å². The lowest BCUT2D eigenvalue weighted by atomic mass is 9.97. The third kappa shape index (κ3) is 3.83. The number of aryl methyl sites for hydroxylation is 2. The molecule has 3 aromatic rings. The Labute approximate surface area is 183 Å². The molecule has 160 valence electrons. The summed E-state index contributed by atoms with van der Waals surface area (Å²) in [7, 11) is -3.84. The smallest absolute Gasteiger partial charge is 0.265 e. The Bertz CT molecular complexity index is 1250. The first-order valence-electron chi connectivity index (χ1n) is 10.4. The molecule has 4 rings (SSSR count). The zero-order valence-electron chi connectivity index (χ0n) is 17.9. The second kappa shape index (κ2) is 8.19. The van der Waals surface area contributed by atoms with Gasteiger partial charge in [0.15, 0.2) is 0 Å². The first-order valence-corrected chi connectivity index (χ1v) is 11.8. The van der Waals surface area contributed by atoms with Gasteiger partial charge in [0, 0.05) is 11.1 Å². The van der Waals surface area contributed by atoms with Crippen molar-refractivity contribution in [3.05, 3.63) is 83.4 Å². The molecule has 1 amide bonds. The first kappa shape index (κ1) is 21.1. The zero-order valence-corrected chi connectivity index (χ0v) is 18.7. The van der Waals surface area contributed by atoms with E-state index in [-0.39, 0.29) is 23.4 Å². The number of carbonyl (C=O) groups excluding carboxylic acids is 1. The van der Waals surface area contributed by atoms with E-state index < -0.39 is 10.0 Å². The van der Waals surface area contributed by atoms with Gasteiger partial charge in [-0.05, 0) is 43.5 Å². The molecule has 3 aromatic carbocycles. The van der Waals surface area contributed by atoms with Crippen LogP contribution in [0.25, 0.3) is 11.1 Å². The molecule has 0 aliphatic carbocycles. The van der Waals surface area contributed by atoms with Gasteiger partial charge in [0.25, 0.3) is 10.0 Å². The molecular formula is C25H26N2O3S. The minimum absolute atomic E-state index is 0.178. The van der Waals surface area contributed by atoms with Crippen molar-refractivity contribution in [1.82, 2.24) is 5.32 Å². The second-order valence-electron chi connectivity index (χ2n) is 7.91. The molecule has 0 bridgehead atoms. The zero-order chi connectivity index (χ0) is 22.2. The highest BCUT2D eigenvalue weighted by Crippen LogP contribution is 2.42. The summed E-state index contributed by atoms with van der Waals surface area (Å²) in [5.41, 5.74) is 5.32. The van der Waals surface area contributed by atoms with E-state index in [9.17, 15) is 13.2 Å². The molecule has 5 nitrogen and oxygen atoms in total. The Morgan fingerprint density at radius 1 is 0.968 bits per heavy atom. The number of hydrogen-bond donors (Lipinski definition) is 1. The molecular weight excluding hydrogens is 408 g/mol. The lowest BCUT2D eigenvalue weighted by Crippen LogP contribution is -2.43. The highest BCUT2D eigenvalue weighted by Gasteiger charge is 2.35. The summed E-state index contributed by atoms with van der Waals surface area (Å²) in [6.45, 7) is 5.80. The maximum atomic E-state index is 13.4. The number of carbonyl (C=O) groups is 1. The van der Waals surface area contributed by atoms with Gasteiger partial charge in [0.05, 0.1) is 16.6 Å². The van der Waals surface area contributed by atoms with E-state index in [1.807, 2.05) is 51.1 Å². The SMILES string of the molecule is CCC(NC(=O)CN1c2ccccc2-c2ccccc2S1(=O)=O)c1ccc(C)cc1C. The van der Waals surface area contributed by atoms with Gasteiger partial charge in [0.1, 0.15) is 6.54 Å². The third-order valence-electron chi connectivity index (χ3n) is 5.75. The average molecular weight is 435 g/mol. The maximum absolute atomic E-state index is 13.4. The van der Waals surface area contributed by atoms with Crippen LogP contribution in [0.4, 0.5) is 5.69 Å². The van der Waals surface area contributed by atoms with Crippen molar-refractivity contribution in [3.63, 3.8) is 0 Å². The fourth-order valence-corrected chi connectivity index (χ4v) is 5.89. The largest absolute Gasteiger partial charge is 0.348 e. The molecule has 0 aromatic heterocycles. The van der Waals surface area contributed by atoms with Gasteiger partial charge in [0.2, 0.25) is 5.91 Å². The van der Waals surface area contributed by atoms with Gasteiger partial charge < -0.3 is 5.32 Å². The number of rotatable bonds is 5. The quantitative estimate of drug-likeness (QED) is 0.630. The van der Waals surface area contributed by atoms with Gasteiger partial charge in [-0.15, -0.1) is 0 Å². The molecule has 1 N–H and O–H groups in total. The summed E-state index contributed by atoms with van der Waals surface area (Å²) < 4.78 is 27.9. The van der Waals surface area contributed by atoms with Crippen LogP contribution in [0.1, 0.15) is 36.1 Å². The summed E-state index contributed by atoms with van der Waals surface area (Å²) in [5.74, 6) is -0.329. The van der Waals surface area contributed by atoms with E-state index in [0.29, 0.717) is 17.7 Å². The Balaban J connectivity index is 1.65. The molecule has 6 heteroatoms. The normalized spacial score (nSPS) is 15.0. The van der Waals surface area contributed by atoms with Gasteiger partial charge in [-0.2, -0.15) is 0 Å². The van der Waals surface area contributed by atoms with Crippen LogP contribution in [0.2, 0.25) is 0 Å². The van der Waals surface area contributed by atoms with Crippen molar-refractivity contribution in [2.75, 3.05) is 10.8 Å². The minimum atomic E-state index is -3.84. The minimum Gasteiger partial charge on any atom is -0.348 e. The monoisotopic (exact) mass is 434 g/mol. The predicted octanol–water partition coefficient (Wildman–Crippen LogP) is 4.75. The van der Waals surface area contributed by atoms with E-state index in [1.54, 1.807) is 30.3 Å². The third-order valence-corrected chi connectivity index (χ3v) is 7.57. The molecule has 0 radical (unpaired) electrons. The molecule has 1 atom stereocenters. The van der Waals surface area contributed by atoms with Crippen LogP contribution < -0.4 is 9.62 Å². The van der Waals surface area contributed by atoms with Crippen LogP contribution in [-0.2, 0) is 14.8 Å². The lowest BCUT2D eigenvalue weighted by molar-refractivity contribution is -0.120. The van der Waals surface area contributed by atoms with E-state index in [1.165, 1.54) is 4.31 Å². The van der Waals surface area contributed by atoms with Crippen molar-refractivity contribution in [3.8, 4) is 11.1 Å². The van der Waals surface area contributed by atoms with Crippen LogP contribution in [0.15, 0.2) is 71.6 Å². The van der Waals surface area contributed by atoms with Crippen molar-refractivity contribution in [2.24, 2.45) is 0 Å².